The van der Waals surface area contributed by atoms with E-state index in [2.05, 4.69) is 43.9 Å². The van der Waals surface area contributed by atoms with Crippen molar-refractivity contribution >= 4 is 0 Å². The van der Waals surface area contributed by atoms with Crippen LogP contribution in [0.1, 0.15) is 51.2 Å². The summed E-state index contributed by atoms with van der Waals surface area (Å²) in [4.78, 5) is 2.60. The molecule has 0 heterocycles. The highest BCUT2D eigenvalue weighted by Crippen LogP contribution is 2.42. The van der Waals surface area contributed by atoms with Crippen LogP contribution in [0.3, 0.4) is 0 Å². The minimum atomic E-state index is -0.0354. The molecular weight excluding hydrogens is 260 g/mol. The first kappa shape index (κ1) is 16.3. The van der Waals surface area contributed by atoms with Crippen molar-refractivity contribution in [1.29, 1.82) is 0 Å². The summed E-state index contributed by atoms with van der Waals surface area (Å²) in [6, 6.07) is 7.05. The van der Waals surface area contributed by atoms with Crippen LogP contribution in [0.4, 0.5) is 0 Å². The van der Waals surface area contributed by atoms with Gasteiger partial charge in [-0.05, 0) is 62.4 Å². The maximum Gasteiger partial charge on any atom is 0.119 e. The molecule has 1 aromatic carbocycles. The van der Waals surface area contributed by atoms with Crippen LogP contribution in [0.2, 0.25) is 0 Å². The van der Waals surface area contributed by atoms with Gasteiger partial charge in [0.15, 0.2) is 0 Å². The number of hydrogen-bond acceptors (Lipinski definition) is 3. The van der Waals surface area contributed by atoms with E-state index >= 15 is 0 Å². The molecule has 118 valence electrons. The molecule has 1 aliphatic carbocycles. The number of ether oxygens (including phenoxy) is 1. The molecule has 2 N–H and O–H groups in total. The van der Waals surface area contributed by atoms with E-state index < -0.39 is 0 Å². The lowest BCUT2D eigenvalue weighted by atomic mass is 9.74. The molecule has 0 fully saturated rings. The SMILES string of the molecule is CCC(C)N(CC)C1(CN)CCCc2ccc(OC)cc21. The molecule has 0 spiro atoms. The number of benzene rings is 1. The minimum absolute atomic E-state index is 0.0354. The first-order chi connectivity index (χ1) is 10.1. The number of likely N-dealkylation sites (N-methyl/N-ethyl adjacent to an activating group) is 1. The standard InChI is InChI=1S/C18H30N2O/c1-5-14(3)20(6-2)18(13-19)11-7-8-15-9-10-16(21-4)12-17(15)18/h9-10,12,14H,5-8,11,13,19H2,1-4H3. The lowest BCUT2D eigenvalue weighted by molar-refractivity contribution is 0.0404. The van der Waals surface area contributed by atoms with Crippen LogP contribution in [0.25, 0.3) is 0 Å². The van der Waals surface area contributed by atoms with Crippen molar-refractivity contribution in [1.82, 2.24) is 4.90 Å². The molecule has 3 nitrogen and oxygen atoms in total. The van der Waals surface area contributed by atoms with E-state index in [1.807, 2.05) is 0 Å². The van der Waals surface area contributed by atoms with Gasteiger partial charge in [0.25, 0.3) is 0 Å². The Bertz CT molecular complexity index is 474. The van der Waals surface area contributed by atoms with Gasteiger partial charge in [0, 0.05) is 12.6 Å². The molecule has 3 heteroatoms. The van der Waals surface area contributed by atoms with Crippen LogP contribution < -0.4 is 10.5 Å². The Morgan fingerprint density at radius 3 is 2.71 bits per heavy atom. The molecule has 0 radical (unpaired) electrons. The summed E-state index contributed by atoms with van der Waals surface area (Å²) in [5.74, 6) is 0.939. The zero-order chi connectivity index (χ0) is 15.5. The lowest BCUT2D eigenvalue weighted by Gasteiger charge is -2.49. The predicted molar refractivity (Wildman–Crippen MR) is 88.8 cm³/mol. The molecular formula is C18H30N2O. The molecule has 0 saturated carbocycles. The second-order valence-corrected chi connectivity index (χ2v) is 6.16. The third kappa shape index (κ3) is 2.82. The van der Waals surface area contributed by atoms with Crippen LogP contribution >= 0.6 is 0 Å². The molecule has 0 bridgehead atoms. The van der Waals surface area contributed by atoms with Gasteiger partial charge < -0.3 is 10.5 Å². The molecule has 2 rings (SSSR count). The number of rotatable bonds is 6. The maximum absolute atomic E-state index is 6.33. The number of methoxy groups -OCH3 is 1. The zero-order valence-electron chi connectivity index (χ0n) is 14.0. The Morgan fingerprint density at radius 2 is 2.14 bits per heavy atom. The summed E-state index contributed by atoms with van der Waals surface area (Å²) in [5, 5.41) is 0. The van der Waals surface area contributed by atoms with E-state index in [0.29, 0.717) is 12.6 Å². The Hall–Kier alpha value is -1.06. The van der Waals surface area contributed by atoms with Crippen LogP contribution in [0.15, 0.2) is 18.2 Å². The lowest BCUT2D eigenvalue weighted by Crippen LogP contribution is -2.56. The van der Waals surface area contributed by atoms with Crippen molar-refractivity contribution in [3.8, 4) is 5.75 Å². The largest absolute Gasteiger partial charge is 0.497 e. The third-order valence-electron chi connectivity index (χ3n) is 5.21. The van der Waals surface area contributed by atoms with E-state index in [1.54, 1.807) is 7.11 Å². The van der Waals surface area contributed by atoms with Gasteiger partial charge in [-0.15, -0.1) is 0 Å². The van der Waals surface area contributed by atoms with E-state index in [9.17, 15) is 0 Å². The summed E-state index contributed by atoms with van der Waals surface area (Å²) >= 11 is 0. The molecule has 2 unspecified atom stereocenters. The van der Waals surface area contributed by atoms with E-state index in [1.165, 1.54) is 17.5 Å². The van der Waals surface area contributed by atoms with Gasteiger partial charge in [-0.1, -0.05) is 19.9 Å². The second-order valence-electron chi connectivity index (χ2n) is 6.16. The zero-order valence-corrected chi connectivity index (χ0v) is 14.0. The number of fused-ring (bicyclic) bond motifs is 1. The average molecular weight is 290 g/mol. The molecule has 0 saturated heterocycles. The van der Waals surface area contributed by atoms with Crippen LogP contribution in [0.5, 0.6) is 5.75 Å². The van der Waals surface area contributed by atoms with Gasteiger partial charge in [-0.25, -0.2) is 0 Å². The van der Waals surface area contributed by atoms with Crippen molar-refractivity contribution in [2.45, 2.75) is 58.0 Å². The monoisotopic (exact) mass is 290 g/mol. The maximum atomic E-state index is 6.33. The summed E-state index contributed by atoms with van der Waals surface area (Å²) in [7, 11) is 1.74. The van der Waals surface area contributed by atoms with Gasteiger partial charge in [-0.2, -0.15) is 0 Å². The molecule has 2 atom stereocenters. The number of aryl methyl sites for hydroxylation is 1. The topological polar surface area (TPSA) is 38.5 Å². The fourth-order valence-corrected chi connectivity index (χ4v) is 3.92. The van der Waals surface area contributed by atoms with Gasteiger partial charge in [-0.3, -0.25) is 4.90 Å². The van der Waals surface area contributed by atoms with Crippen LogP contribution in [-0.2, 0) is 12.0 Å². The molecule has 1 aliphatic rings. The predicted octanol–water partition coefficient (Wildman–Crippen LogP) is 3.31. The highest BCUT2D eigenvalue weighted by molar-refractivity contribution is 5.42. The van der Waals surface area contributed by atoms with Crippen LogP contribution in [-0.4, -0.2) is 31.1 Å². The van der Waals surface area contributed by atoms with E-state index in [0.717, 1.165) is 31.6 Å². The van der Waals surface area contributed by atoms with Crippen molar-refractivity contribution in [2.75, 3.05) is 20.2 Å². The Balaban J connectivity index is 2.54. The number of nitrogens with zero attached hydrogens (tertiary/aromatic N) is 1. The van der Waals surface area contributed by atoms with Crippen molar-refractivity contribution in [3.05, 3.63) is 29.3 Å². The van der Waals surface area contributed by atoms with Gasteiger partial charge in [0.1, 0.15) is 5.75 Å². The van der Waals surface area contributed by atoms with Gasteiger partial charge in [0.2, 0.25) is 0 Å². The van der Waals surface area contributed by atoms with Crippen molar-refractivity contribution in [2.24, 2.45) is 5.73 Å². The summed E-state index contributed by atoms with van der Waals surface area (Å²) in [6.07, 6.45) is 4.65. The average Bonchev–Trinajstić information content (AvgIpc) is 2.54. The quantitative estimate of drug-likeness (QED) is 0.873. The van der Waals surface area contributed by atoms with Crippen molar-refractivity contribution in [3.63, 3.8) is 0 Å². The summed E-state index contributed by atoms with van der Waals surface area (Å²) < 4.78 is 5.46. The van der Waals surface area contributed by atoms with Crippen molar-refractivity contribution < 1.29 is 4.74 Å². The van der Waals surface area contributed by atoms with E-state index in [4.69, 9.17) is 10.5 Å². The molecule has 1 aromatic rings. The van der Waals surface area contributed by atoms with Crippen LogP contribution in [0, 0.1) is 0 Å². The highest BCUT2D eigenvalue weighted by atomic mass is 16.5. The minimum Gasteiger partial charge on any atom is -0.497 e. The summed E-state index contributed by atoms with van der Waals surface area (Å²) in [6.45, 7) is 8.52. The fraction of sp³-hybridized carbons (Fsp3) is 0.667. The summed E-state index contributed by atoms with van der Waals surface area (Å²) in [5.41, 5.74) is 9.12. The smallest absolute Gasteiger partial charge is 0.119 e. The molecule has 0 aromatic heterocycles. The van der Waals surface area contributed by atoms with Gasteiger partial charge >= 0.3 is 0 Å². The fourth-order valence-electron chi connectivity index (χ4n) is 3.92. The third-order valence-corrected chi connectivity index (χ3v) is 5.21. The first-order valence-electron chi connectivity index (χ1n) is 8.27. The Kier molecular flexibility index (Phi) is 5.28. The normalized spacial score (nSPS) is 23.0. The Labute approximate surface area is 129 Å². The van der Waals surface area contributed by atoms with E-state index in [-0.39, 0.29) is 5.54 Å². The second kappa shape index (κ2) is 6.80. The highest BCUT2D eigenvalue weighted by Gasteiger charge is 2.41. The number of hydrogen-bond donors (Lipinski definition) is 1. The number of nitrogens with two attached hydrogens (primary N) is 1. The van der Waals surface area contributed by atoms with Gasteiger partial charge in [0.05, 0.1) is 12.6 Å². The molecule has 0 aliphatic heterocycles. The Morgan fingerprint density at radius 1 is 1.38 bits per heavy atom. The molecule has 21 heavy (non-hydrogen) atoms. The molecule has 0 amide bonds. The first-order valence-corrected chi connectivity index (χ1v) is 8.27.